The van der Waals surface area contributed by atoms with Crippen molar-refractivity contribution in [1.82, 2.24) is 24.4 Å². The van der Waals surface area contributed by atoms with Gasteiger partial charge in [-0.15, -0.1) is 0 Å². The Morgan fingerprint density at radius 3 is 2.96 bits per heavy atom. The van der Waals surface area contributed by atoms with Crippen LogP contribution in [0.15, 0.2) is 37.2 Å². The molecule has 1 aliphatic heterocycles. The maximum atomic E-state index is 12.4. The quantitative estimate of drug-likeness (QED) is 0.822. The number of carbonyl (C=O) groups is 1. The summed E-state index contributed by atoms with van der Waals surface area (Å²) in [5.74, 6) is 0.837. The highest BCUT2D eigenvalue weighted by Crippen LogP contribution is 2.21. The van der Waals surface area contributed by atoms with E-state index in [1.807, 2.05) is 17.4 Å². The van der Waals surface area contributed by atoms with E-state index in [4.69, 9.17) is 0 Å². The van der Waals surface area contributed by atoms with E-state index >= 15 is 0 Å². The standard InChI is InChI=1S/C16H22N6O/c23-15(5-1-6-18-16-19-7-3-8-20-16)21-10-2-4-14(12-21)22-11-9-17-13-22/h3,7-9,11,13-14H,1-2,4-6,10,12H2,(H,18,19,20)/t14-/m1/s1. The molecule has 0 spiro atoms. The number of rotatable bonds is 6. The molecule has 0 bridgehead atoms. The summed E-state index contributed by atoms with van der Waals surface area (Å²) in [5, 5.41) is 3.13. The molecule has 3 heterocycles. The Morgan fingerprint density at radius 1 is 1.30 bits per heavy atom. The molecule has 1 amide bonds. The van der Waals surface area contributed by atoms with Gasteiger partial charge >= 0.3 is 0 Å². The third kappa shape index (κ3) is 4.28. The number of imidazole rings is 1. The summed E-state index contributed by atoms with van der Waals surface area (Å²) in [6, 6.07) is 2.13. The van der Waals surface area contributed by atoms with Crippen LogP contribution in [0.5, 0.6) is 0 Å². The predicted molar refractivity (Wildman–Crippen MR) is 86.8 cm³/mol. The third-order valence-electron chi connectivity index (χ3n) is 4.11. The molecule has 7 nitrogen and oxygen atoms in total. The summed E-state index contributed by atoms with van der Waals surface area (Å²) in [4.78, 5) is 26.6. The first-order valence-corrected chi connectivity index (χ1v) is 8.09. The summed E-state index contributed by atoms with van der Waals surface area (Å²) in [7, 11) is 0. The Bertz CT molecular complexity index is 600. The minimum absolute atomic E-state index is 0.227. The Hall–Kier alpha value is -2.44. The molecule has 1 fully saturated rings. The molecule has 3 rings (SSSR count). The molecule has 1 N–H and O–H groups in total. The second-order valence-corrected chi connectivity index (χ2v) is 5.75. The first kappa shape index (κ1) is 15.5. The van der Waals surface area contributed by atoms with Crippen LogP contribution < -0.4 is 5.32 Å². The molecule has 0 saturated carbocycles. The van der Waals surface area contributed by atoms with Crippen LogP contribution in [0.25, 0.3) is 0 Å². The van der Waals surface area contributed by atoms with Crippen molar-refractivity contribution in [1.29, 1.82) is 0 Å². The van der Waals surface area contributed by atoms with Crippen LogP contribution in [0.1, 0.15) is 31.7 Å². The molecule has 0 unspecified atom stereocenters. The third-order valence-corrected chi connectivity index (χ3v) is 4.11. The van der Waals surface area contributed by atoms with Gasteiger partial charge in [-0.05, 0) is 25.3 Å². The van der Waals surface area contributed by atoms with E-state index in [2.05, 4.69) is 24.8 Å². The van der Waals surface area contributed by atoms with E-state index in [1.54, 1.807) is 24.7 Å². The molecule has 1 saturated heterocycles. The van der Waals surface area contributed by atoms with Crippen molar-refractivity contribution in [3.05, 3.63) is 37.2 Å². The van der Waals surface area contributed by atoms with Gasteiger partial charge in [-0.2, -0.15) is 0 Å². The molecule has 0 aromatic carbocycles. The number of nitrogens with one attached hydrogen (secondary N) is 1. The zero-order valence-electron chi connectivity index (χ0n) is 13.1. The van der Waals surface area contributed by atoms with Crippen molar-refractivity contribution in [3.63, 3.8) is 0 Å². The Kier molecular flexibility index (Phi) is 5.18. The number of amides is 1. The second-order valence-electron chi connectivity index (χ2n) is 5.75. The minimum atomic E-state index is 0.227. The smallest absolute Gasteiger partial charge is 0.222 e. The monoisotopic (exact) mass is 314 g/mol. The van der Waals surface area contributed by atoms with Crippen LogP contribution in [0.3, 0.4) is 0 Å². The van der Waals surface area contributed by atoms with E-state index in [-0.39, 0.29) is 5.91 Å². The van der Waals surface area contributed by atoms with Gasteiger partial charge in [0, 0.05) is 50.8 Å². The van der Waals surface area contributed by atoms with Crippen molar-refractivity contribution >= 4 is 11.9 Å². The van der Waals surface area contributed by atoms with Crippen molar-refractivity contribution < 1.29 is 4.79 Å². The van der Waals surface area contributed by atoms with E-state index in [0.717, 1.165) is 32.4 Å². The van der Waals surface area contributed by atoms with Gasteiger partial charge in [0.15, 0.2) is 0 Å². The minimum Gasteiger partial charge on any atom is -0.354 e. The van der Waals surface area contributed by atoms with Crippen molar-refractivity contribution in [3.8, 4) is 0 Å². The zero-order chi connectivity index (χ0) is 15.9. The fourth-order valence-corrected chi connectivity index (χ4v) is 2.90. The SMILES string of the molecule is O=C(CCCNc1ncccn1)N1CCC[C@@H](n2ccnc2)C1. The number of carbonyl (C=O) groups excluding carboxylic acids is 1. The maximum Gasteiger partial charge on any atom is 0.222 e. The second kappa shape index (κ2) is 7.71. The van der Waals surface area contributed by atoms with E-state index in [9.17, 15) is 4.79 Å². The maximum absolute atomic E-state index is 12.4. The fourth-order valence-electron chi connectivity index (χ4n) is 2.90. The number of likely N-dealkylation sites (tertiary alicyclic amines) is 1. The molecular formula is C16H22N6O. The van der Waals surface area contributed by atoms with Crippen LogP contribution in [-0.4, -0.2) is 50.0 Å². The lowest BCUT2D eigenvalue weighted by Gasteiger charge is -2.33. The van der Waals surface area contributed by atoms with Gasteiger partial charge in [-0.1, -0.05) is 0 Å². The molecule has 2 aromatic heterocycles. The lowest BCUT2D eigenvalue weighted by atomic mass is 10.0. The normalized spacial score (nSPS) is 17.9. The van der Waals surface area contributed by atoms with Crippen LogP contribution in [0.2, 0.25) is 0 Å². The van der Waals surface area contributed by atoms with Gasteiger partial charge in [0.25, 0.3) is 0 Å². The van der Waals surface area contributed by atoms with E-state index in [0.29, 0.717) is 25.0 Å². The molecule has 1 aliphatic rings. The summed E-state index contributed by atoms with van der Waals surface area (Å²) >= 11 is 0. The fraction of sp³-hybridized carbons (Fsp3) is 0.500. The van der Waals surface area contributed by atoms with Gasteiger partial charge in [0.05, 0.1) is 12.4 Å². The number of nitrogens with zero attached hydrogens (tertiary/aromatic N) is 5. The average Bonchev–Trinajstić information content (AvgIpc) is 3.14. The molecule has 122 valence electrons. The first-order valence-electron chi connectivity index (χ1n) is 8.09. The Morgan fingerprint density at radius 2 is 2.17 bits per heavy atom. The van der Waals surface area contributed by atoms with Gasteiger partial charge in [-0.25, -0.2) is 15.0 Å². The summed E-state index contributed by atoms with van der Waals surface area (Å²) in [5.41, 5.74) is 0. The topological polar surface area (TPSA) is 75.9 Å². The van der Waals surface area contributed by atoms with E-state index in [1.165, 1.54) is 0 Å². The molecule has 7 heteroatoms. The molecule has 0 radical (unpaired) electrons. The van der Waals surface area contributed by atoms with Gasteiger partial charge in [-0.3, -0.25) is 4.79 Å². The van der Waals surface area contributed by atoms with Crippen molar-refractivity contribution in [2.45, 2.75) is 31.7 Å². The summed E-state index contributed by atoms with van der Waals surface area (Å²) in [6.45, 7) is 2.35. The number of piperidine rings is 1. The van der Waals surface area contributed by atoms with Crippen LogP contribution in [0, 0.1) is 0 Å². The van der Waals surface area contributed by atoms with Crippen LogP contribution in [-0.2, 0) is 4.79 Å². The lowest BCUT2D eigenvalue weighted by Crippen LogP contribution is -2.40. The molecule has 1 atom stereocenters. The van der Waals surface area contributed by atoms with Crippen molar-refractivity contribution in [2.75, 3.05) is 25.0 Å². The molecule has 23 heavy (non-hydrogen) atoms. The highest BCUT2D eigenvalue weighted by Gasteiger charge is 2.23. The number of hydrogen-bond donors (Lipinski definition) is 1. The van der Waals surface area contributed by atoms with Gasteiger partial charge in [0.1, 0.15) is 0 Å². The zero-order valence-corrected chi connectivity index (χ0v) is 13.1. The summed E-state index contributed by atoms with van der Waals surface area (Å²) in [6.07, 6.45) is 12.5. The number of anilines is 1. The lowest BCUT2D eigenvalue weighted by molar-refractivity contribution is -0.132. The first-order chi connectivity index (χ1) is 11.3. The highest BCUT2D eigenvalue weighted by molar-refractivity contribution is 5.76. The van der Waals surface area contributed by atoms with Crippen molar-refractivity contribution in [2.24, 2.45) is 0 Å². The highest BCUT2D eigenvalue weighted by atomic mass is 16.2. The van der Waals surface area contributed by atoms with Crippen LogP contribution in [0.4, 0.5) is 5.95 Å². The van der Waals surface area contributed by atoms with Crippen LogP contribution >= 0.6 is 0 Å². The average molecular weight is 314 g/mol. The number of aromatic nitrogens is 4. The molecule has 2 aromatic rings. The molecular weight excluding hydrogens is 292 g/mol. The molecule has 0 aliphatic carbocycles. The van der Waals surface area contributed by atoms with E-state index < -0.39 is 0 Å². The predicted octanol–water partition coefficient (Wildman–Crippen LogP) is 1.73. The number of hydrogen-bond acceptors (Lipinski definition) is 5. The summed E-state index contributed by atoms with van der Waals surface area (Å²) < 4.78 is 2.10. The Labute approximate surface area is 135 Å². The van der Waals surface area contributed by atoms with Gasteiger partial charge < -0.3 is 14.8 Å². The Balaban J connectivity index is 1.41. The van der Waals surface area contributed by atoms with Gasteiger partial charge in [0.2, 0.25) is 11.9 Å². The largest absolute Gasteiger partial charge is 0.354 e.